The lowest BCUT2D eigenvalue weighted by Gasteiger charge is -2.32. The largest absolute Gasteiger partial charge is 0.310 e. The van der Waals surface area contributed by atoms with Crippen molar-refractivity contribution in [3.63, 3.8) is 0 Å². The van der Waals surface area contributed by atoms with Gasteiger partial charge in [-0.15, -0.1) is 0 Å². The molecule has 100 valence electrons. The van der Waals surface area contributed by atoms with Gasteiger partial charge in [0, 0.05) is 25.8 Å². The van der Waals surface area contributed by atoms with E-state index >= 15 is 0 Å². The van der Waals surface area contributed by atoms with Crippen molar-refractivity contribution in [3.8, 4) is 0 Å². The fraction of sp³-hybridized carbons (Fsp3) is 0.588. The second-order valence-corrected chi connectivity index (χ2v) is 6.25. The van der Waals surface area contributed by atoms with Crippen LogP contribution in [0.2, 0.25) is 0 Å². The van der Waals surface area contributed by atoms with E-state index in [1.165, 1.54) is 31.5 Å². The van der Waals surface area contributed by atoms with Crippen LogP contribution in [0.4, 0.5) is 0 Å². The molecule has 19 heavy (non-hydrogen) atoms. The highest BCUT2D eigenvalue weighted by Gasteiger charge is 2.51. The molecule has 2 nitrogen and oxygen atoms in total. The molecule has 2 aliphatic rings. The molecule has 1 aromatic carbocycles. The molecule has 2 heteroatoms. The van der Waals surface area contributed by atoms with Gasteiger partial charge in [0.2, 0.25) is 5.54 Å². The molecule has 0 bridgehead atoms. The molecule has 1 aliphatic carbocycles. The topological polar surface area (TPSA) is 7.60 Å². The maximum atomic E-state index is 7.29. The Morgan fingerprint density at radius 3 is 2.42 bits per heavy atom. The molecule has 0 radical (unpaired) electrons. The van der Waals surface area contributed by atoms with Crippen molar-refractivity contribution in [2.24, 2.45) is 5.92 Å². The number of piperidine rings is 1. The van der Waals surface area contributed by atoms with E-state index in [1.807, 2.05) is 0 Å². The molecule has 2 fully saturated rings. The van der Waals surface area contributed by atoms with Gasteiger partial charge in [0.15, 0.2) is 0 Å². The number of rotatable bonds is 4. The lowest BCUT2D eigenvalue weighted by molar-refractivity contribution is 0.168. The average Bonchev–Trinajstić information content (AvgIpc) is 3.23. The standard InChI is InChI=1S/C17H22N2/c1-18-17(9-10-17)13-15-7-11-19(12-8-15)14-16-5-3-2-4-6-16/h2-6,15H,7-14H2. The number of hydrogen-bond acceptors (Lipinski definition) is 1. The second-order valence-electron chi connectivity index (χ2n) is 6.25. The first kappa shape index (κ1) is 12.7. The zero-order valence-corrected chi connectivity index (χ0v) is 11.5. The minimum Gasteiger partial charge on any atom is -0.310 e. The van der Waals surface area contributed by atoms with Gasteiger partial charge < -0.3 is 4.85 Å². The third-order valence-electron chi connectivity index (χ3n) is 4.69. The van der Waals surface area contributed by atoms with Crippen LogP contribution in [0.5, 0.6) is 0 Å². The lowest BCUT2D eigenvalue weighted by atomic mass is 9.89. The van der Waals surface area contributed by atoms with Gasteiger partial charge in [0.25, 0.3) is 0 Å². The summed E-state index contributed by atoms with van der Waals surface area (Å²) in [5, 5.41) is 0. The quantitative estimate of drug-likeness (QED) is 0.743. The number of nitrogens with zero attached hydrogens (tertiary/aromatic N) is 2. The van der Waals surface area contributed by atoms with Gasteiger partial charge >= 0.3 is 0 Å². The van der Waals surface area contributed by atoms with E-state index in [9.17, 15) is 0 Å². The van der Waals surface area contributed by atoms with E-state index in [1.54, 1.807) is 0 Å². The molecule has 1 heterocycles. The second kappa shape index (κ2) is 5.35. The first-order valence-corrected chi connectivity index (χ1v) is 7.45. The van der Waals surface area contributed by atoms with Crippen molar-refractivity contribution < 1.29 is 0 Å². The Kier molecular flexibility index (Phi) is 3.57. The SMILES string of the molecule is [C-]#[N+]C1(CC2CCN(Cc3ccccc3)CC2)CC1. The van der Waals surface area contributed by atoms with E-state index < -0.39 is 0 Å². The minimum absolute atomic E-state index is 0.0757. The molecule has 0 amide bonds. The van der Waals surface area contributed by atoms with Gasteiger partial charge in [-0.05, 0) is 37.4 Å². The first-order valence-electron chi connectivity index (χ1n) is 7.45. The summed E-state index contributed by atoms with van der Waals surface area (Å²) in [6, 6.07) is 10.7. The van der Waals surface area contributed by atoms with Crippen LogP contribution < -0.4 is 0 Å². The highest BCUT2D eigenvalue weighted by molar-refractivity contribution is 5.15. The molecule has 3 rings (SSSR count). The van der Waals surface area contributed by atoms with Crippen LogP contribution in [0.1, 0.15) is 37.7 Å². The molecule has 1 aliphatic heterocycles. The van der Waals surface area contributed by atoms with Crippen molar-refractivity contribution in [1.29, 1.82) is 0 Å². The van der Waals surface area contributed by atoms with Crippen molar-refractivity contribution in [3.05, 3.63) is 47.3 Å². The Bertz CT molecular complexity index is 448. The predicted octanol–water partition coefficient (Wildman–Crippen LogP) is 3.74. The van der Waals surface area contributed by atoms with E-state index in [2.05, 4.69) is 40.1 Å². The maximum Gasteiger partial charge on any atom is 0.233 e. The average molecular weight is 254 g/mol. The van der Waals surface area contributed by atoms with Crippen molar-refractivity contribution in [2.75, 3.05) is 13.1 Å². The summed E-state index contributed by atoms with van der Waals surface area (Å²) in [7, 11) is 0. The number of likely N-dealkylation sites (tertiary alicyclic amines) is 1. The Labute approximate surface area is 116 Å². The van der Waals surface area contributed by atoms with Gasteiger partial charge in [0.1, 0.15) is 0 Å². The van der Waals surface area contributed by atoms with Gasteiger partial charge in [0.05, 0.1) is 0 Å². The molecule has 1 saturated carbocycles. The fourth-order valence-corrected chi connectivity index (χ4v) is 3.23. The van der Waals surface area contributed by atoms with Crippen LogP contribution in [0.3, 0.4) is 0 Å². The lowest BCUT2D eigenvalue weighted by Crippen LogP contribution is -2.34. The molecule has 0 aromatic heterocycles. The molecule has 0 spiro atoms. The molecule has 0 unspecified atom stereocenters. The summed E-state index contributed by atoms with van der Waals surface area (Å²) >= 11 is 0. The predicted molar refractivity (Wildman–Crippen MR) is 77.6 cm³/mol. The molecule has 1 saturated heterocycles. The highest BCUT2D eigenvalue weighted by Crippen LogP contribution is 2.46. The highest BCUT2D eigenvalue weighted by atomic mass is 15.1. The third kappa shape index (κ3) is 3.16. The normalized spacial score (nSPS) is 22.9. The van der Waals surface area contributed by atoms with Gasteiger partial charge in [-0.2, -0.15) is 0 Å². The van der Waals surface area contributed by atoms with Gasteiger partial charge in [-0.3, -0.25) is 4.90 Å². The monoisotopic (exact) mass is 254 g/mol. The van der Waals surface area contributed by atoms with E-state index in [4.69, 9.17) is 6.57 Å². The van der Waals surface area contributed by atoms with Crippen LogP contribution in [0.15, 0.2) is 30.3 Å². The van der Waals surface area contributed by atoms with E-state index in [0.717, 1.165) is 31.7 Å². The van der Waals surface area contributed by atoms with Crippen LogP contribution in [0.25, 0.3) is 4.85 Å². The van der Waals surface area contributed by atoms with E-state index in [-0.39, 0.29) is 5.54 Å². The summed E-state index contributed by atoms with van der Waals surface area (Å²) < 4.78 is 0. The Morgan fingerprint density at radius 1 is 1.16 bits per heavy atom. The van der Waals surface area contributed by atoms with Crippen LogP contribution in [-0.4, -0.2) is 23.5 Å². The van der Waals surface area contributed by atoms with Crippen molar-refractivity contribution in [1.82, 2.24) is 4.90 Å². The molecular weight excluding hydrogens is 232 g/mol. The summed E-state index contributed by atoms with van der Waals surface area (Å²) in [4.78, 5) is 6.41. The van der Waals surface area contributed by atoms with Crippen LogP contribution >= 0.6 is 0 Å². The summed E-state index contributed by atoms with van der Waals surface area (Å²) in [6.45, 7) is 10.8. The molecule has 0 N–H and O–H groups in total. The summed E-state index contributed by atoms with van der Waals surface area (Å²) in [5.41, 5.74) is 1.49. The Balaban J connectivity index is 1.46. The van der Waals surface area contributed by atoms with E-state index in [0.29, 0.717) is 0 Å². The molecule has 1 aromatic rings. The van der Waals surface area contributed by atoms with Crippen LogP contribution in [0, 0.1) is 12.5 Å². The van der Waals surface area contributed by atoms with Gasteiger partial charge in [-0.1, -0.05) is 30.3 Å². The summed E-state index contributed by atoms with van der Waals surface area (Å²) in [6.07, 6.45) is 6.03. The Morgan fingerprint density at radius 2 is 1.84 bits per heavy atom. The zero-order valence-electron chi connectivity index (χ0n) is 11.5. The molecular formula is C17H22N2. The van der Waals surface area contributed by atoms with Crippen molar-refractivity contribution in [2.45, 2.75) is 44.2 Å². The fourth-order valence-electron chi connectivity index (χ4n) is 3.23. The Hall–Kier alpha value is -1.33. The van der Waals surface area contributed by atoms with Gasteiger partial charge in [-0.25, -0.2) is 6.57 Å². The number of benzene rings is 1. The number of hydrogen-bond donors (Lipinski definition) is 0. The first-order chi connectivity index (χ1) is 9.30. The maximum absolute atomic E-state index is 7.29. The molecule has 0 atom stereocenters. The minimum atomic E-state index is 0.0757. The van der Waals surface area contributed by atoms with Crippen LogP contribution in [-0.2, 0) is 6.54 Å². The summed E-state index contributed by atoms with van der Waals surface area (Å²) in [5.74, 6) is 0.795. The smallest absolute Gasteiger partial charge is 0.233 e. The zero-order chi connectivity index (χ0) is 13.1. The van der Waals surface area contributed by atoms with Crippen molar-refractivity contribution >= 4 is 0 Å². The third-order valence-corrected chi connectivity index (χ3v) is 4.69.